The predicted molar refractivity (Wildman–Crippen MR) is 90.9 cm³/mol. The minimum Gasteiger partial charge on any atom is -0.303 e. The van der Waals surface area contributed by atoms with E-state index >= 15 is 0 Å². The van der Waals surface area contributed by atoms with Crippen molar-refractivity contribution < 1.29 is 21.6 Å². The zero-order valence-corrected chi connectivity index (χ0v) is 14.7. The molecule has 0 spiro atoms. The molecular formula is C17H18O5S2. The molecule has 0 aromatic heterocycles. The molecular weight excluding hydrogens is 348 g/mol. The van der Waals surface area contributed by atoms with E-state index in [1.165, 1.54) is 55.5 Å². The summed E-state index contributed by atoms with van der Waals surface area (Å²) in [5.74, 6) is -0.877. The first-order valence-corrected chi connectivity index (χ1v) is 10.4. The average Bonchev–Trinajstić information content (AvgIpc) is 2.56. The van der Waals surface area contributed by atoms with Gasteiger partial charge in [-0.25, -0.2) is 16.8 Å². The molecule has 0 aliphatic rings. The molecule has 2 rings (SSSR count). The Morgan fingerprint density at radius 1 is 0.792 bits per heavy atom. The molecule has 0 N–H and O–H groups in total. The fraction of sp³-hybridized carbons (Fsp3) is 0.235. The van der Waals surface area contributed by atoms with Crippen molar-refractivity contribution in [2.24, 2.45) is 5.92 Å². The summed E-state index contributed by atoms with van der Waals surface area (Å²) < 4.78 is 50.2. The Bertz CT molecular complexity index is 819. The van der Waals surface area contributed by atoms with Crippen LogP contribution in [-0.2, 0) is 24.5 Å². The van der Waals surface area contributed by atoms with E-state index in [-0.39, 0.29) is 16.2 Å². The third-order valence-corrected chi connectivity index (χ3v) is 9.22. The van der Waals surface area contributed by atoms with E-state index < -0.39 is 30.2 Å². The Hall–Kier alpha value is -1.99. The minimum absolute atomic E-state index is 0.0766. The Kier molecular flexibility index (Phi) is 5.56. The van der Waals surface area contributed by atoms with Gasteiger partial charge in [-0.2, -0.15) is 0 Å². The normalized spacial score (nSPS) is 13.6. The Labute approximate surface area is 142 Å². The number of sulfone groups is 2. The van der Waals surface area contributed by atoms with Crippen molar-refractivity contribution in [1.82, 2.24) is 0 Å². The first-order valence-electron chi connectivity index (χ1n) is 7.33. The third kappa shape index (κ3) is 3.57. The van der Waals surface area contributed by atoms with E-state index in [0.29, 0.717) is 6.29 Å². The molecule has 2 aromatic carbocycles. The van der Waals surface area contributed by atoms with Crippen LogP contribution in [-0.4, -0.2) is 27.7 Å². The van der Waals surface area contributed by atoms with Crippen LogP contribution in [0.3, 0.4) is 0 Å². The molecule has 0 fully saturated rings. The van der Waals surface area contributed by atoms with Gasteiger partial charge in [0.15, 0.2) is 24.3 Å². The fourth-order valence-corrected chi connectivity index (χ4v) is 7.59. The van der Waals surface area contributed by atoms with Crippen LogP contribution in [0.4, 0.5) is 0 Å². The van der Waals surface area contributed by atoms with Gasteiger partial charge in [0.2, 0.25) is 0 Å². The molecule has 0 aliphatic carbocycles. The maximum absolute atomic E-state index is 13.0. The SMILES string of the molecule is C[C@H](CC=O)C(S(=O)(=O)c1ccccc1)S(=O)(=O)c1ccccc1. The summed E-state index contributed by atoms with van der Waals surface area (Å²) in [7, 11) is -8.35. The number of rotatable bonds is 7. The molecule has 0 radical (unpaired) electrons. The topological polar surface area (TPSA) is 85.3 Å². The summed E-state index contributed by atoms with van der Waals surface area (Å²) in [4.78, 5) is 10.7. The second-order valence-electron chi connectivity index (χ2n) is 5.46. The van der Waals surface area contributed by atoms with Gasteiger partial charge in [0, 0.05) is 6.42 Å². The molecule has 0 unspecified atom stereocenters. The highest BCUT2D eigenvalue weighted by Crippen LogP contribution is 2.31. The van der Waals surface area contributed by atoms with E-state index in [0.717, 1.165) is 0 Å². The quantitative estimate of drug-likeness (QED) is 0.703. The van der Waals surface area contributed by atoms with Crippen molar-refractivity contribution in [2.75, 3.05) is 0 Å². The summed E-state index contributed by atoms with van der Waals surface area (Å²) in [5, 5.41) is 0. The Balaban J connectivity index is 2.65. The Morgan fingerprint density at radius 2 is 1.17 bits per heavy atom. The maximum atomic E-state index is 13.0. The van der Waals surface area contributed by atoms with E-state index in [1.54, 1.807) is 12.1 Å². The van der Waals surface area contributed by atoms with Gasteiger partial charge in [-0.05, 0) is 30.2 Å². The number of hydrogen-bond acceptors (Lipinski definition) is 5. The third-order valence-electron chi connectivity index (χ3n) is 3.69. The second-order valence-corrected chi connectivity index (χ2v) is 9.90. The van der Waals surface area contributed by atoms with Crippen molar-refractivity contribution in [3.63, 3.8) is 0 Å². The monoisotopic (exact) mass is 366 g/mol. The summed E-state index contributed by atoms with van der Waals surface area (Å²) in [6.45, 7) is 1.46. The molecule has 0 heterocycles. The molecule has 24 heavy (non-hydrogen) atoms. The second kappa shape index (κ2) is 7.27. The van der Waals surface area contributed by atoms with Gasteiger partial charge in [-0.15, -0.1) is 0 Å². The molecule has 0 saturated carbocycles. The molecule has 0 saturated heterocycles. The highest BCUT2D eigenvalue weighted by Gasteiger charge is 2.43. The van der Waals surface area contributed by atoms with E-state index in [4.69, 9.17) is 0 Å². The molecule has 0 aliphatic heterocycles. The van der Waals surface area contributed by atoms with Crippen molar-refractivity contribution in [3.05, 3.63) is 60.7 Å². The van der Waals surface area contributed by atoms with Gasteiger partial charge < -0.3 is 4.79 Å². The fourth-order valence-electron chi connectivity index (χ4n) is 2.53. The zero-order chi connectivity index (χ0) is 17.8. The van der Waals surface area contributed by atoms with Crippen LogP contribution in [0.2, 0.25) is 0 Å². The molecule has 128 valence electrons. The van der Waals surface area contributed by atoms with Crippen LogP contribution in [0.15, 0.2) is 70.5 Å². The van der Waals surface area contributed by atoms with Crippen LogP contribution in [0, 0.1) is 5.92 Å². The van der Waals surface area contributed by atoms with Crippen molar-refractivity contribution >= 4 is 26.0 Å². The lowest BCUT2D eigenvalue weighted by atomic mass is 10.1. The molecule has 1 atom stereocenters. The van der Waals surface area contributed by atoms with E-state index in [1.807, 2.05) is 0 Å². The number of carbonyl (C=O) groups is 1. The molecule has 0 bridgehead atoms. The predicted octanol–water partition coefficient (Wildman–Crippen LogP) is 2.49. The number of hydrogen-bond donors (Lipinski definition) is 0. The van der Waals surface area contributed by atoms with Crippen LogP contribution in [0.1, 0.15) is 13.3 Å². The van der Waals surface area contributed by atoms with E-state index in [9.17, 15) is 21.6 Å². The van der Waals surface area contributed by atoms with Crippen LogP contribution < -0.4 is 0 Å². The van der Waals surface area contributed by atoms with Crippen molar-refractivity contribution in [1.29, 1.82) is 0 Å². The smallest absolute Gasteiger partial charge is 0.196 e. The lowest BCUT2D eigenvalue weighted by Crippen LogP contribution is -2.36. The summed E-state index contributed by atoms with van der Waals surface area (Å²) in [5.41, 5.74) is 0. The highest BCUT2D eigenvalue weighted by atomic mass is 32.3. The van der Waals surface area contributed by atoms with Crippen LogP contribution in [0.5, 0.6) is 0 Å². The summed E-state index contributed by atoms with van der Waals surface area (Å²) in [6, 6.07) is 14.9. The largest absolute Gasteiger partial charge is 0.303 e. The van der Waals surface area contributed by atoms with Crippen molar-refractivity contribution in [2.45, 2.75) is 27.7 Å². The maximum Gasteiger partial charge on any atom is 0.196 e. The van der Waals surface area contributed by atoms with Crippen LogP contribution >= 0.6 is 0 Å². The van der Waals surface area contributed by atoms with E-state index in [2.05, 4.69) is 0 Å². The zero-order valence-electron chi connectivity index (χ0n) is 13.1. The van der Waals surface area contributed by atoms with Gasteiger partial charge in [-0.1, -0.05) is 43.3 Å². The first kappa shape index (κ1) is 18.4. The molecule has 7 heteroatoms. The lowest BCUT2D eigenvalue weighted by Gasteiger charge is -2.23. The van der Waals surface area contributed by atoms with Gasteiger partial charge in [0.05, 0.1) is 9.79 Å². The standard InChI is InChI=1S/C17H18O5S2/c1-14(12-13-18)17(23(19,20)15-8-4-2-5-9-15)24(21,22)16-10-6-3-7-11-16/h2-11,13-14,17H,12H2,1H3/t14-/m1/s1. The Morgan fingerprint density at radius 3 is 1.50 bits per heavy atom. The number of benzene rings is 2. The number of carbonyl (C=O) groups excluding carboxylic acids is 1. The molecule has 0 amide bonds. The first-order chi connectivity index (χ1) is 11.3. The summed E-state index contributed by atoms with van der Waals surface area (Å²) in [6.07, 6.45) is 0.376. The van der Waals surface area contributed by atoms with Gasteiger partial charge >= 0.3 is 0 Å². The number of aldehydes is 1. The summed E-state index contributed by atoms with van der Waals surface area (Å²) >= 11 is 0. The van der Waals surface area contributed by atoms with Crippen LogP contribution in [0.25, 0.3) is 0 Å². The molecule has 5 nitrogen and oxygen atoms in total. The van der Waals surface area contributed by atoms with Crippen molar-refractivity contribution in [3.8, 4) is 0 Å². The highest BCUT2D eigenvalue weighted by molar-refractivity contribution is 8.09. The van der Waals surface area contributed by atoms with Gasteiger partial charge in [0.25, 0.3) is 0 Å². The average molecular weight is 366 g/mol. The van der Waals surface area contributed by atoms with Gasteiger partial charge in [0.1, 0.15) is 6.29 Å². The molecule has 2 aromatic rings. The van der Waals surface area contributed by atoms with Gasteiger partial charge in [-0.3, -0.25) is 0 Å². The lowest BCUT2D eigenvalue weighted by molar-refractivity contribution is -0.108. The minimum atomic E-state index is -4.18.